The molecule has 1 fully saturated rings. The minimum absolute atomic E-state index is 0.374. The third-order valence-electron chi connectivity index (χ3n) is 2.83. The zero-order valence-corrected chi connectivity index (χ0v) is 10.2. The Bertz CT molecular complexity index is 432. The monoisotopic (exact) mass is 274 g/mol. The first-order valence-corrected chi connectivity index (χ1v) is 5.84. The molecule has 6 nitrogen and oxygen atoms in total. The molecule has 100 valence electrons. The lowest BCUT2D eigenvalue weighted by atomic mass is 10.1. The van der Waals surface area contributed by atoms with E-state index in [4.69, 9.17) is 27.2 Å². The predicted octanol–water partition coefficient (Wildman–Crippen LogP) is -0.227. The molecule has 1 heterocycles. The fraction of sp³-hybridized carbons (Fsp3) is 0.455. The molecule has 0 aromatic heterocycles. The third-order valence-corrected chi connectivity index (χ3v) is 3.16. The number of nitrogen functional groups attached to an aromatic ring is 1. The van der Waals surface area contributed by atoms with E-state index in [1.807, 2.05) is 0 Å². The fourth-order valence-electron chi connectivity index (χ4n) is 1.83. The van der Waals surface area contributed by atoms with Gasteiger partial charge in [-0.2, -0.15) is 0 Å². The number of hydrogen-bond donors (Lipinski definition) is 5. The molecule has 7 heteroatoms. The minimum atomic E-state index is -1.15. The van der Waals surface area contributed by atoms with E-state index < -0.39 is 24.5 Å². The Balaban J connectivity index is 2.12. The van der Waals surface area contributed by atoms with E-state index in [2.05, 4.69) is 5.32 Å². The largest absolute Gasteiger partial charge is 0.399 e. The van der Waals surface area contributed by atoms with Gasteiger partial charge in [0.2, 0.25) is 0 Å². The van der Waals surface area contributed by atoms with Gasteiger partial charge in [0.1, 0.15) is 18.3 Å². The highest BCUT2D eigenvalue weighted by Gasteiger charge is 2.42. The molecule has 1 aliphatic heterocycles. The van der Waals surface area contributed by atoms with Crippen molar-refractivity contribution in [2.45, 2.75) is 24.5 Å². The van der Waals surface area contributed by atoms with Gasteiger partial charge >= 0.3 is 0 Å². The van der Waals surface area contributed by atoms with Gasteiger partial charge in [-0.1, -0.05) is 11.6 Å². The van der Waals surface area contributed by atoms with Crippen LogP contribution >= 0.6 is 11.6 Å². The van der Waals surface area contributed by atoms with Crippen molar-refractivity contribution in [3.05, 3.63) is 23.2 Å². The van der Waals surface area contributed by atoms with Gasteiger partial charge in [-0.15, -0.1) is 0 Å². The van der Waals surface area contributed by atoms with Crippen LogP contribution in [-0.4, -0.2) is 46.5 Å². The Labute approximate surface area is 109 Å². The van der Waals surface area contributed by atoms with E-state index in [0.29, 0.717) is 16.4 Å². The van der Waals surface area contributed by atoms with Crippen LogP contribution in [0.1, 0.15) is 0 Å². The maximum absolute atomic E-state index is 9.76. The minimum Gasteiger partial charge on any atom is -0.399 e. The van der Waals surface area contributed by atoms with Crippen molar-refractivity contribution in [3.63, 3.8) is 0 Å². The van der Waals surface area contributed by atoms with Crippen molar-refractivity contribution in [3.8, 4) is 0 Å². The predicted molar refractivity (Wildman–Crippen MR) is 67.2 cm³/mol. The van der Waals surface area contributed by atoms with E-state index in [1.54, 1.807) is 18.2 Å². The smallest absolute Gasteiger partial charge is 0.157 e. The summed E-state index contributed by atoms with van der Waals surface area (Å²) in [4.78, 5) is 0. The van der Waals surface area contributed by atoms with Gasteiger partial charge in [-0.05, 0) is 18.2 Å². The first kappa shape index (κ1) is 13.4. The molecule has 0 amide bonds. The fourth-order valence-corrected chi connectivity index (χ4v) is 2.00. The second kappa shape index (κ2) is 5.29. The Kier molecular flexibility index (Phi) is 3.94. The number of anilines is 2. The van der Waals surface area contributed by atoms with Gasteiger partial charge in [0.15, 0.2) is 6.23 Å². The van der Waals surface area contributed by atoms with Crippen molar-refractivity contribution in [1.29, 1.82) is 0 Å². The molecule has 6 N–H and O–H groups in total. The molecule has 18 heavy (non-hydrogen) atoms. The molecule has 0 bridgehead atoms. The zero-order valence-electron chi connectivity index (χ0n) is 9.45. The summed E-state index contributed by atoms with van der Waals surface area (Å²) in [6, 6.07) is 4.85. The number of benzene rings is 1. The molecule has 0 saturated carbocycles. The van der Waals surface area contributed by atoms with E-state index >= 15 is 0 Å². The molecular weight excluding hydrogens is 260 g/mol. The summed E-state index contributed by atoms with van der Waals surface area (Å²) < 4.78 is 5.27. The number of hydrogen-bond acceptors (Lipinski definition) is 6. The Morgan fingerprint density at radius 3 is 2.67 bits per heavy atom. The molecule has 1 aliphatic rings. The number of rotatable bonds is 3. The lowest BCUT2D eigenvalue weighted by Crippen LogP contribution is -2.36. The van der Waals surface area contributed by atoms with Crippen LogP contribution in [-0.2, 0) is 4.74 Å². The molecule has 0 aliphatic carbocycles. The summed E-state index contributed by atoms with van der Waals surface area (Å²) in [6.45, 7) is -0.374. The number of nitrogens with one attached hydrogen (secondary N) is 1. The Morgan fingerprint density at radius 1 is 1.33 bits per heavy atom. The molecule has 0 radical (unpaired) electrons. The van der Waals surface area contributed by atoms with Crippen molar-refractivity contribution >= 4 is 23.0 Å². The average Bonchev–Trinajstić information content (AvgIpc) is 2.62. The number of aliphatic hydroxyl groups is 3. The molecule has 2 rings (SSSR count). The Morgan fingerprint density at radius 2 is 2.06 bits per heavy atom. The summed E-state index contributed by atoms with van der Waals surface area (Å²) in [5.41, 5.74) is 6.63. The first-order chi connectivity index (χ1) is 8.52. The standard InChI is InChI=1S/C11H15ClN2O4/c12-6-2-1-5(13)3-7(6)14-11-10(17)9(16)8(4-15)18-11/h1-3,8-11,14-17H,4,13H2. The van der Waals surface area contributed by atoms with Crippen LogP contribution in [0.5, 0.6) is 0 Å². The lowest BCUT2D eigenvalue weighted by Gasteiger charge is -2.18. The summed E-state index contributed by atoms with van der Waals surface area (Å²) >= 11 is 5.96. The van der Waals surface area contributed by atoms with Crippen LogP contribution < -0.4 is 11.1 Å². The maximum Gasteiger partial charge on any atom is 0.157 e. The quantitative estimate of drug-likeness (QED) is 0.488. The van der Waals surface area contributed by atoms with Crippen LogP contribution in [0.2, 0.25) is 5.02 Å². The molecular formula is C11H15ClN2O4. The van der Waals surface area contributed by atoms with Crippen LogP contribution in [0.4, 0.5) is 11.4 Å². The van der Waals surface area contributed by atoms with E-state index in [1.165, 1.54) is 0 Å². The van der Waals surface area contributed by atoms with Crippen molar-refractivity contribution in [2.24, 2.45) is 0 Å². The van der Waals surface area contributed by atoms with Gasteiger partial charge in [0.05, 0.1) is 17.3 Å². The molecule has 1 aromatic rings. The van der Waals surface area contributed by atoms with Crippen molar-refractivity contribution in [1.82, 2.24) is 0 Å². The van der Waals surface area contributed by atoms with Gasteiger partial charge < -0.3 is 31.1 Å². The summed E-state index contributed by atoms with van der Waals surface area (Å²) in [7, 11) is 0. The van der Waals surface area contributed by atoms with Crippen LogP contribution in [0.25, 0.3) is 0 Å². The second-order valence-corrected chi connectivity index (χ2v) is 4.55. The lowest BCUT2D eigenvalue weighted by molar-refractivity contribution is -0.0153. The normalized spacial score (nSPS) is 31.6. The molecule has 0 spiro atoms. The molecule has 4 atom stereocenters. The van der Waals surface area contributed by atoms with Crippen LogP contribution in [0, 0.1) is 0 Å². The highest BCUT2D eigenvalue weighted by molar-refractivity contribution is 6.33. The number of nitrogens with two attached hydrogens (primary N) is 1. The summed E-state index contributed by atoms with van der Waals surface area (Å²) in [5.74, 6) is 0. The van der Waals surface area contributed by atoms with E-state index in [9.17, 15) is 10.2 Å². The number of ether oxygens (including phenoxy) is 1. The summed E-state index contributed by atoms with van der Waals surface area (Å²) in [5, 5.41) is 31.6. The second-order valence-electron chi connectivity index (χ2n) is 4.14. The van der Waals surface area contributed by atoms with Crippen LogP contribution in [0.15, 0.2) is 18.2 Å². The van der Waals surface area contributed by atoms with E-state index in [-0.39, 0.29) is 6.61 Å². The number of halogens is 1. The molecule has 4 unspecified atom stereocenters. The van der Waals surface area contributed by atoms with Crippen molar-refractivity contribution in [2.75, 3.05) is 17.7 Å². The third kappa shape index (κ3) is 2.52. The number of aliphatic hydroxyl groups excluding tert-OH is 3. The zero-order chi connectivity index (χ0) is 13.3. The topological polar surface area (TPSA) is 108 Å². The highest BCUT2D eigenvalue weighted by Crippen LogP contribution is 2.28. The average molecular weight is 275 g/mol. The summed E-state index contributed by atoms with van der Waals surface area (Å²) in [6.07, 6.45) is -3.97. The highest BCUT2D eigenvalue weighted by atomic mass is 35.5. The van der Waals surface area contributed by atoms with Gasteiger partial charge in [-0.3, -0.25) is 0 Å². The van der Waals surface area contributed by atoms with E-state index in [0.717, 1.165) is 0 Å². The van der Waals surface area contributed by atoms with Crippen LogP contribution in [0.3, 0.4) is 0 Å². The van der Waals surface area contributed by atoms with Gasteiger partial charge in [-0.25, -0.2) is 0 Å². The van der Waals surface area contributed by atoms with Gasteiger partial charge in [0.25, 0.3) is 0 Å². The Hall–Kier alpha value is -1.05. The van der Waals surface area contributed by atoms with Gasteiger partial charge in [0, 0.05) is 5.69 Å². The maximum atomic E-state index is 9.76. The SMILES string of the molecule is Nc1ccc(Cl)c(NC2OC(CO)C(O)C2O)c1. The molecule has 1 saturated heterocycles. The molecule has 1 aromatic carbocycles. The first-order valence-electron chi connectivity index (χ1n) is 5.47. The van der Waals surface area contributed by atoms with Crippen molar-refractivity contribution < 1.29 is 20.1 Å².